The maximum Gasteiger partial charge on any atom is 0.257 e. The Kier molecular flexibility index (Phi) is 6.82. The molecule has 0 saturated carbocycles. The van der Waals surface area contributed by atoms with Crippen LogP contribution in [0.5, 0.6) is 0 Å². The summed E-state index contributed by atoms with van der Waals surface area (Å²) in [5.41, 5.74) is 2.47. The lowest BCUT2D eigenvalue weighted by Crippen LogP contribution is -2.49. The monoisotopic (exact) mass is 410 g/mol. The van der Waals surface area contributed by atoms with Gasteiger partial charge in [0.1, 0.15) is 0 Å². The Balaban J connectivity index is 1.51. The summed E-state index contributed by atoms with van der Waals surface area (Å²) in [6.07, 6.45) is 0. The van der Waals surface area contributed by atoms with Crippen molar-refractivity contribution >= 4 is 40.5 Å². The van der Waals surface area contributed by atoms with Crippen molar-refractivity contribution in [1.82, 2.24) is 10.2 Å². The first-order valence-corrected chi connectivity index (χ1v) is 10.2. The van der Waals surface area contributed by atoms with Crippen LogP contribution >= 0.6 is 12.2 Å². The largest absolute Gasteiger partial charge is 0.368 e. The Morgan fingerprint density at radius 2 is 1.55 bits per heavy atom. The SMILES string of the molecule is CC(C)C(=O)N1CCN(c2ccc(NC(=S)NC(=O)c3ccccc3)cc2)CC1. The van der Waals surface area contributed by atoms with Gasteiger partial charge in [0, 0.05) is 49.0 Å². The van der Waals surface area contributed by atoms with Crippen molar-refractivity contribution in [2.75, 3.05) is 36.4 Å². The van der Waals surface area contributed by atoms with Crippen LogP contribution in [0, 0.1) is 5.92 Å². The molecule has 0 spiro atoms. The summed E-state index contributed by atoms with van der Waals surface area (Å²) in [4.78, 5) is 28.5. The molecule has 2 aromatic carbocycles. The van der Waals surface area contributed by atoms with Gasteiger partial charge in [0.2, 0.25) is 5.91 Å². The summed E-state index contributed by atoms with van der Waals surface area (Å²) in [5, 5.41) is 5.97. The van der Waals surface area contributed by atoms with Gasteiger partial charge in [-0.2, -0.15) is 0 Å². The molecule has 7 heteroatoms. The molecular formula is C22H26N4O2S. The third-order valence-corrected chi connectivity index (χ3v) is 5.04. The molecule has 29 heavy (non-hydrogen) atoms. The molecule has 3 rings (SSSR count). The number of piperazine rings is 1. The van der Waals surface area contributed by atoms with E-state index < -0.39 is 0 Å². The predicted octanol–water partition coefficient (Wildman–Crippen LogP) is 3.12. The first-order chi connectivity index (χ1) is 13.9. The van der Waals surface area contributed by atoms with Gasteiger partial charge in [0.25, 0.3) is 5.91 Å². The Morgan fingerprint density at radius 1 is 0.931 bits per heavy atom. The summed E-state index contributed by atoms with van der Waals surface area (Å²) in [5.74, 6) is 0.0157. The highest BCUT2D eigenvalue weighted by Gasteiger charge is 2.22. The van der Waals surface area contributed by atoms with Crippen LogP contribution in [-0.4, -0.2) is 48.0 Å². The zero-order valence-electron chi connectivity index (χ0n) is 16.7. The quantitative estimate of drug-likeness (QED) is 0.759. The van der Waals surface area contributed by atoms with Gasteiger partial charge in [-0.05, 0) is 48.6 Å². The molecule has 1 aliphatic rings. The molecule has 1 heterocycles. The molecule has 0 aromatic heterocycles. The minimum absolute atomic E-state index is 0.0399. The van der Waals surface area contributed by atoms with Gasteiger partial charge >= 0.3 is 0 Å². The molecule has 2 aromatic rings. The zero-order chi connectivity index (χ0) is 20.8. The van der Waals surface area contributed by atoms with Gasteiger partial charge in [-0.15, -0.1) is 0 Å². The summed E-state index contributed by atoms with van der Waals surface area (Å²) in [6, 6.07) is 16.8. The smallest absolute Gasteiger partial charge is 0.257 e. The maximum atomic E-state index is 12.1. The molecule has 0 radical (unpaired) electrons. The van der Waals surface area contributed by atoms with Crippen molar-refractivity contribution < 1.29 is 9.59 Å². The van der Waals surface area contributed by atoms with E-state index in [4.69, 9.17) is 12.2 Å². The van der Waals surface area contributed by atoms with Crippen LogP contribution < -0.4 is 15.5 Å². The van der Waals surface area contributed by atoms with E-state index in [0.717, 1.165) is 37.6 Å². The van der Waals surface area contributed by atoms with Crippen molar-refractivity contribution in [1.29, 1.82) is 0 Å². The van der Waals surface area contributed by atoms with E-state index in [0.29, 0.717) is 5.56 Å². The maximum absolute atomic E-state index is 12.1. The van der Waals surface area contributed by atoms with Gasteiger partial charge < -0.3 is 15.1 Å². The van der Waals surface area contributed by atoms with Crippen molar-refractivity contribution in [3.63, 3.8) is 0 Å². The number of amides is 2. The lowest BCUT2D eigenvalue weighted by molar-refractivity contribution is -0.134. The first kappa shape index (κ1) is 20.8. The van der Waals surface area contributed by atoms with Crippen LogP contribution in [0.4, 0.5) is 11.4 Å². The van der Waals surface area contributed by atoms with Crippen LogP contribution in [0.15, 0.2) is 54.6 Å². The van der Waals surface area contributed by atoms with Crippen LogP contribution in [0.25, 0.3) is 0 Å². The predicted molar refractivity (Wildman–Crippen MR) is 120 cm³/mol. The molecule has 2 amide bonds. The van der Waals surface area contributed by atoms with Crippen LogP contribution in [0.1, 0.15) is 24.2 Å². The third kappa shape index (κ3) is 5.54. The molecule has 0 atom stereocenters. The van der Waals surface area contributed by atoms with Gasteiger partial charge in [-0.3, -0.25) is 14.9 Å². The number of hydrogen-bond donors (Lipinski definition) is 2. The average Bonchev–Trinajstić information content (AvgIpc) is 2.74. The van der Waals surface area contributed by atoms with Crippen molar-refractivity contribution in [2.24, 2.45) is 5.92 Å². The summed E-state index contributed by atoms with van der Waals surface area (Å²) in [7, 11) is 0. The number of nitrogens with one attached hydrogen (secondary N) is 2. The van der Waals surface area contributed by atoms with E-state index in [1.807, 2.05) is 61.2 Å². The van der Waals surface area contributed by atoms with E-state index >= 15 is 0 Å². The molecule has 1 saturated heterocycles. The number of anilines is 2. The minimum atomic E-state index is -0.242. The fraction of sp³-hybridized carbons (Fsp3) is 0.318. The number of carbonyl (C=O) groups excluding carboxylic acids is 2. The zero-order valence-corrected chi connectivity index (χ0v) is 17.5. The standard InChI is InChI=1S/C22H26N4O2S/c1-16(2)21(28)26-14-12-25(13-15-26)19-10-8-18(9-11-19)23-22(29)24-20(27)17-6-4-3-5-7-17/h3-11,16H,12-15H2,1-2H3,(H2,23,24,27,29). The second-order valence-corrected chi connectivity index (χ2v) is 7.70. The van der Waals surface area contributed by atoms with Crippen molar-refractivity contribution in [2.45, 2.75) is 13.8 Å². The van der Waals surface area contributed by atoms with Gasteiger partial charge in [-0.1, -0.05) is 32.0 Å². The highest BCUT2D eigenvalue weighted by atomic mass is 32.1. The summed E-state index contributed by atoms with van der Waals surface area (Å²) < 4.78 is 0. The highest BCUT2D eigenvalue weighted by molar-refractivity contribution is 7.80. The minimum Gasteiger partial charge on any atom is -0.368 e. The van der Waals surface area contributed by atoms with E-state index in [2.05, 4.69) is 15.5 Å². The number of hydrogen-bond acceptors (Lipinski definition) is 4. The second-order valence-electron chi connectivity index (χ2n) is 7.29. The van der Waals surface area contributed by atoms with Crippen molar-refractivity contribution in [3.8, 4) is 0 Å². The summed E-state index contributed by atoms with van der Waals surface area (Å²) in [6.45, 7) is 6.99. The molecule has 1 aliphatic heterocycles. The molecule has 152 valence electrons. The fourth-order valence-electron chi connectivity index (χ4n) is 3.23. The normalized spacial score (nSPS) is 13.9. The molecule has 6 nitrogen and oxygen atoms in total. The van der Waals surface area contributed by atoms with Gasteiger partial charge in [0.15, 0.2) is 5.11 Å². The Bertz CT molecular complexity index is 860. The number of nitrogens with zero attached hydrogens (tertiary/aromatic N) is 2. The average molecular weight is 411 g/mol. The fourth-order valence-corrected chi connectivity index (χ4v) is 3.44. The van der Waals surface area contributed by atoms with E-state index in [-0.39, 0.29) is 22.8 Å². The van der Waals surface area contributed by atoms with Gasteiger partial charge in [-0.25, -0.2) is 0 Å². The lowest BCUT2D eigenvalue weighted by Gasteiger charge is -2.37. The van der Waals surface area contributed by atoms with Gasteiger partial charge in [0.05, 0.1) is 0 Å². The second kappa shape index (κ2) is 9.52. The summed E-state index contributed by atoms with van der Waals surface area (Å²) >= 11 is 5.24. The Hall–Kier alpha value is -2.93. The molecule has 0 aliphatic carbocycles. The Labute approximate surface area is 176 Å². The topological polar surface area (TPSA) is 64.7 Å². The molecule has 1 fully saturated rings. The van der Waals surface area contributed by atoms with Crippen LogP contribution in [-0.2, 0) is 4.79 Å². The molecule has 0 bridgehead atoms. The number of rotatable bonds is 4. The number of benzene rings is 2. The lowest BCUT2D eigenvalue weighted by atomic mass is 10.1. The highest BCUT2D eigenvalue weighted by Crippen LogP contribution is 2.20. The van der Waals surface area contributed by atoms with E-state index in [1.54, 1.807) is 12.1 Å². The third-order valence-electron chi connectivity index (χ3n) is 4.84. The van der Waals surface area contributed by atoms with Crippen LogP contribution in [0.3, 0.4) is 0 Å². The number of thiocarbonyl (C=S) groups is 1. The van der Waals surface area contributed by atoms with Crippen molar-refractivity contribution in [3.05, 3.63) is 60.2 Å². The first-order valence-electron chi connectivity index (χ1n) is 9.75. The van der Waals surface area contributed by atoms with E-state index in [9.17, 15) is 9.59 Å². The van der Waals surface area contributed by atoms with E-state index in [1.165, 1.54) is 0 Å². The van der Waals surface area contributed by atoms with Crippen LogP contribution in [0.2, 0.25) is 0 Å². The molecular weight excluding hydrogens is 384 g/mol. The molecule has 0 unspecified atom stereocenters. The Morgan fingerprint density at radius 3 is 2.14 bits per heavy atom. The number of carbonyl (C=O) groups is 2. The molecule has 2 N–H and O–H groups in total.